The first-order valence-corrected chi connectivity index (χ1v) is 6.97. The molecule has 1 aliphatic heterocycles. The number of nitrogens with zero attached hydrogens (tertiary/aromatic N) is 2. The predicted octanol–water partition coefficient (Wildman–Crippen LogP) is 2.09. The van der Waals surface area contributed by atoms with Crippen LogP contribution in [0, 0.1) is 5.92 Å². The van der Waals surface area contributed by atoms with Crippen LogP contribution in [0.15, 0.2) is 24.3 Å². The molecular weight excluding hydrogens is 238 g/mol. The molecule has 2 amide bonds. The molecule has 1 unspecified atom stereocenters. The van der Waals surface area contributed by atoms with E-state index in [0.29, 0.717) is 12.5 Å². The van der Waals surface area contributed by atoms with E-state index in [1.807, 2.05) is 24.1 Å². The van der Waals surface area contributed by atoms with Crippen molar-refractivity contribution >= 4 is 11.7 Å². The van der Waals surface area contributed by atoms with Crippen LogP contribution in [-0.2, 0) is 6.42 Å². The summed E-state index contributed by atoms with van der Waals surface area (Å²) in [6.45, 7) is 4.38. The lowest BCUT2D eigenvalue weighted by Crippen LogP contribution is -2.52. The molecule has 0 spiro atoms. The second-order valence-electron chi connectivity index (χ2n) is 5.24. The highest BCUT2D eigenvalue weighted by atomic mass is 16.2. The minimum Gasteiger partial charge on any atom is -0.330 e. The minimum atomic E-state index is 0.0810. The molecule has 0 saturated carbocycles. The maximum absolute atomic E-state index is 12.3. The summed E-state index contributed by atoms with van der Waals surface area (Å²) in [5.41, 5.74) is 7.91. The van der Waals surface area contributed by atoms with Crippen LogP contribution in [-0.4, -0.2) is 37.6 Å². The third-order valence-corrected chi connectivity index (χ3v) is 3.76. The second-order valence-corrected chi connectivity index (χ2v) is 5.24. The van der Waals surface area contributed by atoms with Gasteiger partial charge in [0.15, 0.2) is 0 Å². The first-order chi connectivity index (χ1) is 9.15. The number of carbonyl (C=O) groups excluding carboxylic acids is 1. The zero-order chi connectivity index (χ0) is 13.8. The van der Waals surface area contributed by atoms with Crippen LogP contribution in [0.4, 0.5) is 10.5 Å². The van der Waals surface area contributed by atoms with E-state index in [-0.39, 0.29) is 6.03 Å². The highest BCUT2D eigenvalue weighted by Crippen LogP contribution is 2.23. The van der Waals surface area contributed by atoms with Gasteiger partial charge in [-0.25, -0.2) is 4.79 Å². The number of benzene rings is 1. The zero-order valence-electron chi connectivity index (χ0n) is 11.8. The molecule has 0 radical (unpaired) electrons. The van der Waals surface area contributed by atoms with Crippen molar-refractivity contribution in [3.63, 3.8) is 0 Å². The van der Waals surface area contributed by atoms with E-state index >= 15 is 0 Å². The number of hydrogen-bond donors (Lipinski definition) is 1. The highest BCUT2D eigenvalue weighted by Gasteiger charge is 2.29. The topological polar surface area (TPSA) is 49.6 Å². The van der Waals surface area contributed by atoms with Crippen LogP contribution in [0.2, 0.25) is 0 Å². The summed E-state index contributed by atoms with van der Waals surface area (Å²) in [7, 11) is 1.86. The van der Waals surface area contributed by atoms with Crippen molar-refractivity contribution < 1.29 is 4.79 Å². The van der Waals surface area contributed by atoms with Gasteiger partial charge in [-0.15, -0.1) is 0 Å². The molecule has 1 saturated heterocycles. The maximum Gasteiger partial charge on any atom is 0.324 e. The van der Waals surface area contributed by atoms with Gasteiger partial charge in [0.25, 0.3) is 0 Å². The molecule has 0 bridgehead atoms. The summed E-state index contributed by atoms with van der Waals surface area (Å²) in [4.78, 5) is 15.9. The molecule has 2 N–H and O–H groups in total. The van der Waals surface area contributed by atoms with Gasteiger partial charge in [-0.2, -0.15) is 0 Å². The van der Waals surface area contributed by atoms with E-state index in [4.69, 9.17) is 5.73 Å². The summed E-state index contributed by atoms with van der Waals surface area (Å²) in [5, 5.41) is 0. The number of anilines is 1. The number of hydrogen-bond acceptors (Lipinski definition) is 2. The van der Waals surface area contributed by atoms with Crippen LogP contribution < -0.4 is 10.6 Å². The Balaban J connectivity index is 2.17. The predicted molar refractivity (Wildman–Crippen MR) is 78.4 cm³/mol. The first-order valence-electron chi connectivity index (χ1n) is 6.97. The molecule has 4 heteroatoms. The number of aryl methyl sites for hydroxylation is 1. The molecule has 0 aliphatic carbocycles. The van der Waals surface area contributed by atoms with Crippen molar-refractivity contribution in [1.82, 2.24) is 4.90 Å². The van der Waals surface area contributed by atoms with Gasteiger partial charge < -0.3 is 10.6 Å². The third kappa shape index (κ3) is 3.07. The molecule has 1 aromatic carbocycles. The number of urea groups is 1. The first kappa shape index (κ1) is 13.9. The second kappa shape index (κ2) is 6.06. The molecule has 1 heterocycles. The van der Waals surface area contributed by atoms with Crippen LogP contribution in [0.1, 0.15) is 18.9 Å². The average Bonchev–Trinajstić information content (AvgIpc) is 2.43. The van der Waals surface area contributed by atoms with Gasteiger partial charge in [0.05, 0.1) is 0 Å². The van der Waals surface area contributed by atoms with Crippen molar-refractivity contribution in [2.45, 2.75) is 19.8 Å². The van der Waals surface area contributed by atoms with Crippen LogP contribution in [0.25, 0.3) is 0 Å². The van der Waals surface area contributed by atoms with Crippen LogP contribution in [0.3, 0.4) is 0 Å². The van der Waals surface area contributed by atoms with Gasteiger partial charge in [-0.05, 0) is 43.0 Å². The van der Waals surface area contributed by atoms with Crippen LogP contribution >= 0.6 is 0 Å². The Morgan fingerprint density at radius 3 is 2.53 bits per heavy atom. The molecule has 2 rings (SSSR count). The number of carbonyl (C=O) groups is 1. The normalized spacial score (nSPS) is 19.9. The van der Waals surface area contributed by atoms with Gasteiger partial charge in [0.2, 0.25) is 0 Å². The van der Waals surface area contributed by atoms with E-state index in [0.717, 1.165) is 31.6 Å². The monoisotopic (exact) mass is 261 g/mol. The van der Waals surface area contributed by atoms with Crippen molar-refractivity contribution in [3.05, 3.63) is 29.8 Å². The zero-order valence-corrected chi connectivity index (χ0v) is 11.8. The Kier molecular flexibility index (Phi) is 4.43. The quantitative estimate of drug-likeness (QED) is 0.902. The van der Waals surface area contributed by atoms with Gasteiger partial charge in [0.1, 0.15) is 0 Å². The summed E-state index contributed by atoms with van der Waals surface area (Å²) in [6.07, 6.45) is 1.98. The summed E-state index contributed by atoms with van der Waals surface area (Å²) in [6, 6.07) is 8.34. The minimum absolute atomic E-state index is 0.0810. The van der Waals surface area contributed by atoms with Crippen molar-refractivity contribution in [3.8, 4) is 0 Å². The SMILES string of the molecule is CCc1ccc(N2CC(CCN)CN(C)C2=O)cc1. The van der Waals surface area contributed by atoms with Gasteiger partial charge in [0, 0.05) is 25.8 Å². The van der Waals surface area contributed by atoms with E-state index in [2.05, 4.69) is 19.1 Å². The number of rotatable bonds is 4. The molecule has 1 aromatic rings. The van der Waals surface area contributed by atoms with Gasteiger partial charge in [-0.1, -0.05) is 19.1 Å². The Labute approximate surface area is 115 Å². The molecular formula is C15H23N3O. The van der Waals surface area contributed by atoms with E-state index in [9.17, 15) is 4.79 Å². The van der Waals surface area contributed by atoms with Gasteiger partial charge in [-0.3, -0.25) is 4.90 Å². The lowest BCUT2D eigenvalue weighted by atomic mass is 10.0. The summed E-state index contributed by atoms with van der Waals surface area (Å²) in [5.74, 6) is 0.457. The summed E-state index contributed by atoms with van der Waals surface area (Å²) >= 11 is 0. The smallest absolute Gasteiger partial charge is 0.324 e. The Morgan fingerprint density at radius 2 is 1.95 bits per heavy atom. The largest absolute Gasteiger partial charge is 0.330 e. The van der Waals surface area contributed by atoms with E-state index in [1.54, 1.807) is 4.90 Å². The van der Waals surface area contributed by atoms with E-state index < -0.39 is 0 Å². The average molecular weight is 261 g/mol. The molecule has 19 heavy (non-hydrogen) atoms. The number of amides is 2. The molecule has 1 atom stereocenters. The molecule has 4 nitrogen and oxygen atoms in total. The lowest BCUT2D eigenvalue weighted by molar-refractivity contribution is 0.191. The van der Waals surface area contributed by atoms with Crippen LogP contribution in [0.5, 0.6) is 0 Å². The molecule has 1 fully saturated rings. The highest BCUT2D eigenvalue weighted by molar-refractivity contribution is 5.92. The van der Waals surface area contributed by atoms with Gasteiger partial charge >= 0.3 is 6.03 Å². The molecule has 0 aromatic heterocycles. The fourth-order valence-electron chi connectivity index (χ4n) is 2.61. The van der Waals surface area contributed by atoms with Crippen molar-refractivity contribution in [1.29, 1.82) is 0 Å². The third-order valence-electron chi connectivity index (χ3n) is 3.76. The fraction of sp³-hybridized carbons (Fsp3) is 0.533. The Bertz CT molecular complexity index is 430. The lowest BCUT2D eigenvalue weighted by Gasteiger charge is -2.38. The Hall–Kier alpha value is -1.55. The standard InChI is InChI=1S/C15H23N3O/c1-3-12-4-6-14(7-5-12)18-11-13(8-9-16)10-17(2)15(18)19/h4-7,13H,3,8-11,16H2,1-2H3. The van der Waals surface area contributed by atoms with E-state index in [1.165, 1.54) is 5.56 Å². The summed E-state index contributed by atoms with van der Waals surface area (Å²) < 4.78 is 0. The molecule has 104 valence electrons. The molecule has 1 aliphatic rings. The number of nitrogens with two attached hydrogens (primary N) is 1. The maximum atomic E-state index is 12.3. The van der Waals surface area contributed by atoms with Crippen molar-refractivity contribution in [2.24, 2.45) is 11.7 Å². The Morgan fingerprint density at radius 1 is 1.26 bits per heavy atom. The fourth-order valence-corrected chi connectivity index (χ4v) is 2.61. The van der Waals surface area contributed by atoms with Crippen molar-refractivity contribution in [2.75, 3.05) is 31.6 Å².